The molecule has 2 N–H and O–H groups in total. The van der Waals surface area contributed by atoms with Crippen LogP contribution in [0.1, 0.15) is 27.7 Å². The van der Waals surface area contributed by atoms with Gasteiger partial charge in [0.15, 0.2) is 15.6 Å². The molecule has 0 saturated heterocycles. The number of aromatic amines is 1. The predicted octanol–water partition coefficient (Wildman–Crippen LogP) is 3.54. The molecule has 1 aromatic carbocycles. The first kappa shape index (κ1) is 20.5. The van der Waals surface area contributed by atoms with Crippen molar-refractivity contribution in [2.45, 2.75) is 43.9 Å². The number of fused-ring (bicyclic) bond motifs is 2. The van der Waals surface area contributed by atoms with Crippen LogP contribution in [0.15, 0.2) is 40.3 Å². The second kappa shape index (κ2) is 7.19. The predicted molar refractivity (Wildman–Crippen MR) is 119 cm³/mol. The zero-order valence-electron chi connectivity index (χ0n) is 17.8. The highest BCUT2D eigenvalue weighted by Crippen LogP contribution is 2.44. The van der Waals surface area contributed by atoms with Gasteiger partial charge in [-0.05, 0) is 38.0 Å². The Hall–Kier alpha value is -2.74. The minimum absolute atomic E-state index is 0.0435. The summed E-state index contributed by atoms with van der Waals surface area (Å²) in [5.41, 5.74) is 2.39. The van der Waals surface area contributed by atoms with Crippen molar-refractivity contribution >= 4 is 26.4 Å². The van der Waals surface area contributed by atoms with E-state index in [0.29, 0.717) is 29.1 Å². The molecule has 7 nitrogen and oxygen atoms in total. The van der Waals surface area contributed by atoms with Crippen molar-refractivity contribution in [1.82, 2.24) is 9.55 Å². The number of rotatable bonds is 4. The summed E-state index contributed by atoms with van der Waals surface area (Å²) in [5, 5.41) is 3.54. The van der Waals surface area contributed by atoms with E-state index in [9.17, 15) is 13.2 Å². The van der Waals surface area contributed by atoms with Crippen LogP contribution in [-0.2, 0) is 16.9 Å². The summed E-state index contributed by atoms with van der Waals surface area (Å²) in [6.07, 6.45) is 3.41. The first-order valence-electron chi connectivity index (χ1n) is 10.1. The fourth-order valence-corrected chi connectivity index (χ4v) is 4.86. The summed E-state index contributed by atoms with van der Waals surface area (Å²) in [4.78, 5) is 15.8. The zero-order chi connectivity index (χ0) is 21.8. The first-order chi connectivity index (χ1) is 14.1. The molecule has 0 bridgehead atoms. The van der Waals surface area contributed by atoms with Crippen molar-refractivity contribution in [2.24, 2.45) is 13.0 Å². The van der Waals surface area contributed by atoms with Crippen LogP contribution in [0, 0.1) is 5.92 Å². The van der Waals surface area contributed by atoms with Gasteiger partial charge in [-0.3, -0.25) is 4.79 Å². The highest BCUT2D eigenvalue weighted by molar-refractivity contribution is 7.92. The summed E-state index contributed by atoms with van der Waals surface area (Å²) in [5.74, 6) is 0.897. The molecule has 1 unspecified atom stereocenters. The van der Waals surface area contributed by atoms with Gasteiger partial charge in [0.25, 0.3) is 5.56 Å². The number of hydrogen-bond donors (Lipinski definition) is 2. The van der Waals surface area contributed by atoms with Crippen molar-refractivity contribution in [3.63, 3.8) is 0 Å². The van der Waals surface area contributed by atoms with Gasteiger partial charge in [0.05, 0.1) is 22.4 Å². The number of aryl methyl sites for hydroxylation is 1. The van der Waals surface area contributed by atoms with Crippen molar-refractivity contribution in [2.75, 3.05) is 11.9 Å². The number of nitrogens with one attached hydrogen (secondary N) is 2. The minimum atomic E-state index is -3.50. The van der Waals surface area contributed by atoms with E-state index in [4.69, 9.17) is 4.74 Å². The Labute approximate surface area is 176 Å². The van der Waals surface area contributed by atoms with E-state index < -0.39 is 15.1 Å². The maximum atomic E-state index is 13.0. The zero-order valence-corrected chi connectivity index (χ0v) is 18.6. The lowest BCUT2D eigenvalue weighted by Crippen LogP contribution is -2.35. The summed E-state index contributed by atoms with van der Waals surface area (Å²) < 4.78 is 33.8. The standard InChI is InChI=1S/C22H27N3O4S/c1-12(2)19-10-24-18-9-14(30(27,28)13(3)4)8-16(21(18)29-19)17-11-25(5)22(26)20-15(17)6-7-23-20/h6-9,11-13,19,23-24H,10H2,1-5H3. The van der Waals surface area contributed by atoms with Crippen LogP contribution < -0.4 is 15.6 Å². The summed E-state index contributed by atoms with van der Waals surface area (Å²) in [7, 11) is -1.82. The number of sulfone groups is 1. The maximum Gasteiger partial charge on any atom is 0.274 e. The molecule has 1 aliphatic heterocycles. The van der Waals surface area contributed by atoms with Crippen LogP contribution in [0.2, 0.25) is 0 Å². The van der Waals surface area contributed by atoms with Gasteiger partial charge in [0.2, 0.25) is 0 Å². The molecule has 0 saturated carbocycles. The van der Waals surface area contributed by atoms with Gasteiger partial charge in [-0.15, -0.1) is 0 Å². The Morgan fingerprint density at radius 1 is 1.17 bits per heavy atom. The molecule has 2 aromatic heterocycles. The number of ether oxygens (including phenoxy) is 1. The molecular weight excluding hydrogens is 402 g/mol. The third-order valence-electron chi connectivity index (χ3n) is 5.70. The number of H-pyrrole nitrogens is 1. The van der Waals surface area contributed by atoms with Crippen LogP contribution in [0.3, 0.4) is 0 Å². The summed E-state index contributed by atoms with van der Waals surface area (Å²) in [6.45, 7) is 8.12. The number of anilines is 1. The van der Waals surface area contributed by atoms with Crippen LogP contribution in [0.25, 0.3) is 22.0 Å². The number of aromatic nitrogens is 2. The first-order valence-corrected chi connectivity index (χ1v) is 11.7. The van der Waals surface area contributed by atoms with Crippen molar-refractivity contribution in [1.29, 1.82) is 0 Å². The fraction of sp³-hybridized carbons (Fsp3) is 0.409. The second-order valence-corrected chi connectivity index (χ2v) is 11.0. The number of hydrogen-bond acceptors (Lipinski definition) is 5. The molecule has 4 rings (SSSR count). The molecule has 1 aliphatic rings. The number of nitrogens with zero attached hydrogens (tertiary/aromatic N) is 1. The Kier molecular flexibility index (Phi) is 4.92. The highest BCUT2D eigenvalue weighted by atomic mass is 32.2. The monoisotopic (exact) mass is 429 g/mol. The third-order valence-corrected chi connectivity index (χ3v) is 7.84. The van der Waals surface area contributed by atoms with Crippen LogP contribution >= 0.6 is 0 Å². The summed E-state index contributed by atoms with van der Waals surface area (Å²) in [6, 6.07) is 5.16. The molecule has 0 amide bonds. The molecule has 0 fully saturated rings. The van der Waals surface area contributed by atoms with E-state index in [1.54, 1.807) is 45.4 Å². The van der Waals surface area contributed by atoms with Gasteiger partial charge in [-0.25, -0.2) is 8.42 Å². The SMILES string of the molecule is CC(C)C1CNc2cc(S(=O)(=O)C(C)C)cc(-c3cn(C)c(=O)c4[nH]ccc34)c2O1. The molecule has 3 aromatic rings. The smallest absolute Gasteiger partial charge is 0.274 e. The lowest BCUT2D eigenvalue weighted by molar-refractivity contribution is 0.157. The molecule has 30 heavy (non-hydrogen) atoms. The van der Waals surface area contributed by atoms with Gasteiger partial charge in [0.1, 0.15) is 11.6 Å². The van der Waals surface area contributed by atoms with E-state index in [1.807, 2.05) is 6.07 Å². The van der Waals surface area contributed by atoms with Gasteiger partial charge in [0, 0.05) is 36.0 Å². The van der Waals surface area contributed by atoms with Crippen LogP contribution in [-0.4, -0.2) is 35.9 Å². The number of pyridine rings is 1. The van der Waals surface area contributed by atoms with E-state index in [1.165, 1.54) is 4.57 Å². The van der Waals surface area contributed by atoms with Gasteiger partial charge in [-0.2, -0.15) is 0 Å². The Morgan fingerprint density at radius 2 is 1.90 bits per heavy atom. The Bertz CT molecular complexity index is 1290. The highest BCUT2D eigenvalue weighted by Gasteiger charge is 2.30. The molecule has 160 valence electrons. The van der Waals surface area contributed by atoms with E-state index >= 15 is 0 Å². The fourth-order valence-electron chi connectivity index (χ4n) is 3.76. The second-order valence-electron chi connectivity index (χ2n) is 8.45. The summed E-state index contributed by atoms with van der Waals surface area (Å²) >= 11 is 0. The topological polar surface area (TPSA) is 93.2 Å². The number of benzene rings is 1. The molecule has 0 aliphatic carbocycles. The van der Waals surface area contributed by atoms with Crippen LogP contribution in [0.4, 0.5) is 5.69 Å². The van der Waals surface area contributed by atoms with E-state index in [0.717, 1.165) is 10.9 Å². The molecular formula is C22H27N3O4S. The normalized spacial score (nSPS) is 16.6. The van der Waals surface area contributed by atoms with E-state index in [-0.39, 0.29) is 22.5 Å². The molecule has 8 heteroatoms. The molecule has 1 atom stereocenters. The third kappa shape index (κ3) is 3.19. The van der Waals surface area contributed by atoms with Crippen molar-refractivity contribution in [3.05, 3.63) is 40.9 Å². The largest absolute Gasteiger partial charge is 0.485 e. The maximum absolute atomic E-state index is 13.0. The van der Waals surface area contributed by atoms with Gasteiger partial charge < -0.3 is 19.6 Å². The van der Waals surface area contributed by atoms with E-state index in [2.05, 4.69) is 24.1 Å². The van der Waals surface area contributed by atoms with Gasteiger partial charge in [-0.1, -0.05) is 13.8 Å². The van der Waals surface area contributed by atoms with Crippen molar-refractivity contribution < 1.29 is 13.2 Å². The molecule has 3 heterocycles. The lowest BCUT2D eigenvalue weighted by atomic mass is 9.99. The Morgan fingerprint density at radius 3 is 2.57 bits per heavy atom. The van der Waals surface area contributed by atoms with Crippen LogP contribution in [0.5, 0.6) is 5.75 Å². The quantitative estimate of drug-likeness (QED) is 0.662. The van der Waals surface area contributed by atoms with Gasteiger partial charge >= 0.3 is 0 Å². The Balaban J connectivity index is 2.05. The van der Waals surface area contributed by atoms with Crippen molar-refractivity contribution in [3.8, 4) is 16.9 Å². The average molecular weight is 430 g/mol. The minimum Gasteiger partial charge on any atom is -0.485 e. The lowest BCUT2D eigenvalue weighted by Gasteiger charge is -2.32. The molecule has 0 spiro atoms. The molecule has 0 radical (unpaired) electrons. The average Bonchev–Trinajstić information content (AvgIpc) is 3.19.